The summed E-state index contributed by atoms with van der Waals surface area (Å²) in [6.45, 7) is 4.24. The van der Waals surface area contributed by atoms with Gasteiger partial charge in [-0.2, -0.15) is 0 Å². The lowest BCUT2D eigenvalue weighted by molar-refractivity contribution is -0.115. The monoisotopic (exact) mass is 429 g/mol. The normalized spacial score (nSPS) is 14.6. The fourth-order valence-corrected chi connectivity index (χ4v) is 4.11. The summed E-state index contributed by atoms with van der Waals surface area (Å²) in [7, 11) is 0. The van der Waals surface area contributed by atoms with Gasteiger partial charge in [0.25, 0.3) is 0 Å². The third-order valence-electron chi connectivity index (χ3n) is 4.78. The standard InChI is InChI=1S/C22H21F2N3O2S/c23-17-4-5-20(19(24)11-17)26-21(28)12-18-14-30-22(25-18)16-3-1-2-15(10-16)13-27-6-8-29-9-7-27/h1-5,10-11,14H,6-9,12-13H2,(H,26,28). The van der Waals surface area contributed by atoms with E-state index in [-0.39, 0.29) is 12.1 Å². The van der Waals surface area contributed by atoms with Gasteiger partial charge in [-0.3, -0.25) is 9.69 Å². The zero-order valence-corrected chi connectivity index (χ0v) is 17.1. The molecule has 3 aromatic rings. The summed E-state index contributed by atoms with van der Waals surface area (Å²) in [6, 6.07) is 11.3. The Bertz CT molecular complexity index is 1030. The summed E-state index contributed by atoms with van der Waals surface area (Å²) in [6.07, 6.45) is 0.0147. The smallest absolute Gasteiger partial charge is 0.230 e. The third-order valence-corrected chi connectivity index (χ3v) is 5.72. The quantitative estimate of drug-likeness (QED) is 0.641. The number of rotatable bonds is 6. The van der Waals surface area contributed by atoms with Crippen LogP contribution < -0.4 is 5.32 Å². The van der Waals surface area contributed by atoms with Gasteiger partial charge in [-0.15, -0.1) is 11.3 Å². The van der Waals surface area contributed by atoms with Gasteiger partial charge in [-0.25, -0.2) is 13.8 Å². The summed E-state index contributed by atoms with van der Waals surface area (Å²) in [5.74, 6) is -1.90. The van der Waals surface area contributed by atoms with E-state index in [1.54, 1.807) is 0 Å². The van der Waals surface area contributed by atoms with Crippen molar-refractivity contribution in [1.29, 1.82) is 0 Å². The molecule has 0 aliphatic carbocycles. The molecule has 1 aliphatic rings. The second kappa shape index (κ2) is 9.42. The van der Waals surface area contributed by atoms with Crippen LogP contribution in [0.2, 0.25) is 0 Å². The summed E-state index contributed by atoms with van der Waals surface area (Å²) < 4.78 is 32.1. The number of thiazole rings is 1. The Balaban J connectivity index is 1.40. The van der Waals surface area contributed by atoms with E-state index >= 15 is 0 Å². The molecule has 1 aromatic heterocycles. The molecule has 2 heterocycles. The number of ether oxygens (including phenoxy) is 1. The molecule has 1 fully saturated rings. The van der Waals surface area contributed by atoms with Gasteiger partial charge in [-0.05, 0) is 23.8 Å². The Kier molecular flexibility index (Phi) is 6.47. The fourth-order valence-electron chi connectivity index (χ4n) is 3.29. The summed E-state index contributed by atoms with van der Waals surface area (Å²) in [4.78, 5) is 19.1. The van der Waals surface area contributed by atoms with Crippen LogP contribution in [0.1, 0.15) is 11.3 Å². The van der Waals surface area contributed by atoms with Gasteiger partial charge in [0.2, 0.25) is 5.91 Å². The molecular weight excluding hydrogens is 408 g/mol. The maximum Gasteiger partial charge on any atom is 0.230 e. The van der Waals surface area contributed by atoms with Crippen molar-refractivity contribution in [2.24, 2.45) is 0 Å². The average molecular weight is 429 g/mol. The highest BCUT2D eigenvalue weighted by atomic mass is 32.1. The number of amides is 1. The van der Waals surface area contributed by atoms with E-state index in [0.29, 0.717) is 5.69 Å². The molecule has 4 rings (SSSR count). The van der Waals surface area contributed by atoms with E-state index in [1.807, 2.05) is 17.5 Å². The number of morpholine rings is 1. The lowest BCUT2D eigenvalue weighted by Gasteiger charge is -2.26. The van der Waals surface area contributed by atoms with Crippen LogP contribution in [0.3, 0.4) is 0 Å². The SMILES string of the molecule is O=C(Cc1csc(-c2cccc(CN3CCOCC3)c2)n1)Nc1ccc(F)cc1F. The number of halogens is 2. The lowest BCUT2D eigenvalue weighted by atomic mass is 10.1. The molecule has 1 saturated heterocycles. The van der Waals surface area contributed by atoms with Crippen molar-refractivity contribution in [3.8, 4) is 10.6 Å². The number of carbonyl (C=O) groups is 1. The maximum absolute atomic E-state index is 13.7. The minimum atomic E-state index is -0.806. The van der Waals surface area contributed by atoms with Crippen molar-refractivity contribution in [1.82, 2.24) is 9.88 Å². The van der Waals surface area contributed by atoms with Crippen LogP contribution in [0.4, 0.5) is 14.5 Å². The molecule has 8 heteroatoms. The van der Waals surface area contributed by atoms with Crippen molar-refractivity contribution in [2.75, 3.05) is 31.6 Å². The van der Waals surface area contributed by atoms with E-state index in [1.165, 1.54) is 23.0 Å². The second-order valence-corrected chi connectivity index (χ2v) is 7.94. The average Bonchev–Trinajstić information content (AvgIpc) is 3.19. The molecule has 156 valence electrons. The van der Waals surface area contributed by atoms with Gasteiger partial charge in [0.15, 0.2) is 0 Å². The molecule has 0 bridgehead atoms. The minimum absolute atomic E-state index is 0.0147. The molecule has 0 radical (unpaired) electrons. The molecule has 1 aliphatic heterocycles. The Morgan fingerprint density at radius 1 is 1.17 bits per heavy atom. The van der Waals surface area contributed by atoms with Crippen LogP contribution in [0.5, 0.6) is 0 Å². The first kappa shape index (κ1) is 20.6. The van der Waals surface area contributed by atoms with Crippen LogP contribution in [0.25, 0.3) is 10.6 Å². The van der Waals surface area contributed by atoms with Crippen LogP contribution in [-0.2, 0) is 22.5 Å². The lowest BCUT2D eigenvalue weighted by Crippen LogP contribution is -2.35. The van der Waals surface area contributed by atoms with Gasteiger partial charge < -0.3 is 10.1 Å². The Hall–Kier alpha value is -2.68. The number of benzene rings is 2. The van der Waals surface area contributed by atoms with Gasteiger partial charge in [0.05, 0.1) is 31.0 Å². The largest absolute Gasteiger partial charge is 0.379 e. The van der Waals surface area contributed by atoms with Crippen molar-refractivity contribution < 1.29 is 18.3 Å². The van der Waals surface area contributed by atoms with Gasteiger partial charge in [0, 0.05) is 36.6 Å². The van der Waals surface area contributed by atoms with Gasteiger partial charge in [-0.1, -0.05) is 18.2 Å². The number of hydrogen-bond acceptors (Lipinski definition) is 5. The number of nitrogens with one attached hydrogen (secondary N) is 1. The molecule has 1 N–H and O–H groups in total. The van der Waals surface area contributed by atoms with E-state index in [2.05, 4.69) is 27.3 Å². The molecule has 30 heavy (non-hydrogen) atoms. The van der Waals surface area contributed by atoms with Gasteiger partial charge in [0.1, 0.15) is 16.6 Å². The summed E-state index contributed by atoms with van der Waals surface area (Å²) in [5, 5.41) is 5.11. The predicted molar refractivity (Wildman–Crippen MR) is 112 cm³/mol. The van der Waals surface area contributed by atoms with Crippen LogP contribution in [0.15, 0.2) is 47.8 Å². The van der Waals surface area contributed by atoms with Crippen molar-refractivity contribution >= 4 is 22.9 Å². The molecule has 5 nitrogen and oxygen atoms in total. The Labute approximate surface area is 177 Å². The number of nitrogens with zero attached hydrogens (tertiary/aromatic N) is 2. The number of aromatic nitrogens is 1. The minimum Gasteiger partial charge on any atom is -0.379 e. The number of anilines is 1. The highest BCUT2D eigenvalue weighted by Crippen LogP contribution is 2.25. The molecule has 1 amide bonds. The van der Waals surface area contributed by atoms with E-state index < -0.39 is 17.5 Å². The zero-order valence-electron chi connectivity index (χ0n) is 16.2. The summed E-state index contributed by atoms with van der Waals surface area (Å²) >= 11 is 1.46. The predicted octanol–water partition coefficient (Wildman–Crippen LogP) is 4.10. The van der Waals surface area contributed by atoms with Crippen molar-refractivity contribution in [3.05, 3.63) is 70.7 Å². The number of hydrogen-bond donors (Lipinski definition) is 1. The molecular formula is C22H21F2N3O2S. The number of carbonyl (C=O) groups excluding carboxylic acids is 1. The van der Waals surface area contributed by atoms with Crippen molar-refractivity contribution in [2.45, 2.75) is 13.0 Å². The Morgan fingerprint density at radius 3 is 2.80 bits per heavy atom. The van der Waals surface area contributed by atoms with Crippen molar-refractivity contribution in [3.63, 3.8) is 0 Å². The van der Waals surface area contributed by atoms with Crippen LogP contribution >= 0.6 is 11.3 Å². The molecule has 0 saturated carbocycles. The van der Waals surface area contributed by atoms with Crippen LogP contribution in [0, 0.1) is 11.6 Å². The molecule has 2 aromatic carbocycles. The first-order chi connectivity index (χ1) is 14.6. The second-order valence-electron chi connectivity index (χ2n) is 7.08. The fraction of sp³-hybridized carbons (Fsp3) is 0.273. The topological polar surface area (TPSA) is 54.5 Å². The molecule has 0 unspecified atom stereocenters. The zero-order chi connectivity index (χ0) is 20.9. The molecule has 0 atom stereocenters. The molecule has 0 spiro atoms. The highest BCUT2D eigenvalue weighted by Gasteiger charge is 2.14. The van der Waals surface area contributed by atoms with E-state index in [4.69, 9.17) is 4.74 Å². The van der Waals surface area contributed by atoms with E-state index in [0.717, 1.165) is 55.6 Å². The highest BCUT2D eigenvalue weighted by molar-refractivity contribution is 7.13. The van der Waals surface area contributed by atoms with Gasteiger partial charge >= 0.3 is 0 Å². The Morgan fingerprint density at radius 2 is 2.00 bits per heavy atom. The van der Waals surface area contributed by atoms with Crippen LogP contribution in [-0.4, -0.2) is 42.1 Å². The first-order valence-corrected chi connectivity index (χ1v) is 10.5. The summed E-state index contributed by atoms with van der Waals surface area (Å²) in [5.41, 5.74) is 2.76. The maximum atomic E-state index is 13.7. The third kappa shape index (κ3) is 5.27. The first-order valence-electron chi connectivity index (χ1n) is 9.65. The van der Waals surface area contributed by atoms with E-state index in [9.17, 15) is 13.6 Å².